The summed E-state index contributed by atoms with van der Waals surface area (Å²) in [5.74, 6) is 0.915. The van der Waals surface area contributed by atoms with E-state index in [1.165, 1.54) is 5.56 Å². The maximum absolute atomic E-state index is 12.0. The van der Waals surface area contributed by atoms with E-state index in [4.69, 9.17) is 8.83 Å². The minimum Gasteiger partial charge on any atom is -0.459 e. The van der Waals surface area contributed by atoms with E-state index in [-0.39, 0.29) is 11.7 Å². The van der Waals surface area contributed by atoms with E-state index >= 15 is 0 Å². The summed E-state index contributed by atoms with van der Waals surface area (Å²) in [4.78, 5) is 14.2. The third kappa shape index (κ3) is 3.28. The standard InChI is InChI=1S/C23H23NO3/c1-14-9-19-18(12-23(25)27-22(19)10-15(14)2)13-24(4)16(3)21-11-17-7-5-6-8-20(17)26-21/h5-12,16H,13H2,1-4H3/t16-/m1/s1. The summed E-state index contributed by atoms with van der Waals surface area (Å²) in [5, 5.41) is 2.09. The highest BCUT2D eigenvalue weighted by Crippen LogP contribution is 2.29. The van der Waals surface area contributed by atoms with Crippen LogP contribution in [0.1, 0.15) is 35.4 Å². The fourth-order valence-electron chi connectivity index (χ4n) is 3.44. The first-order valence-electron chi connectivity index (χ1n) is 9.15. The highest BCUT2D eigenvalue weighted by atomic mass is 16.4. The van der Waals surface area contributed by atoms with Crippen LogP contribution in [0.3, 0.4) is 0 Å². The summed E-state index contributed by atoms with van der Waals surface area (Å²) >= 11 is 0. The van der Waals surface area contributed by atoms with Crippen molar-refractivity contribution in [1.29, 1.82) is 0 Å². The van der Waals surface area contributed by atoms with E-state index < -0.39 is 0 Å². The largest absolute Gasteiger partial charge is 0.459 e. The van der Waals surface area contributed by atoms with Crippen molar-refractivity contribution in [2.45, 2.75) is 33.4 Å². The Balaban J connectivity index is 1.68. The number of hydrogen-bond donors (Lipinski definition) is 0. The third-order valence-corrected chi connectivity index (χ3v) is 5.38. The summed E-state index contributed by atoms with van der Waals surface area (Å²) in [6.07, 6.45) is 0. The lowest BCUT2D eigenvalue weighted by Crippen LogP contribution is -2.22. The molecular weight excluding hydrogens is 338 g/mol. The number of fused-ring (bicyclic) bond motifs is 2. The molecule has 0 aliphatic heterocycles. The highest BCUT2D eigenvalue weighted by molar-refractivity contribution is 5.82. The summed E-state index contributed by atoms with van der Waals surface area (Å²) in [6, 6.07) is 15.8. The molecule has 2 heterocycles. The van der Waals surface area contributed by atoms with E-state index in [1.54, 1.807) is 6.07 Å². The van der Waals surface area contributed by atoms with Crippen molar-refractivity contribution in [3.8, 4) is 0 Å². The normalized spacial score (nSPS) is 12.9. The number of benzene rings is 2. The Morgan fingerprint density at radius 1 is 0.963 bits per heavy atom. The molecule has 0 saturated heterocycles. The number of furan rings is 1. The van der Waals surface area contributed by atoms with Crippen LogP contribution in [0.15, 0.2) is 62.2 Å². The Hall–Kier alpha value is -2.85. The first-order valence-corrected chi connectivity index (χ1v) is 9.15. The zero-order valence-electron chi connectivity index (χ0n) is 16.1. The quantitative estimate of drug-likeness (QED) is 0.460. The molecule has 138 valence electrons. The molecule has 0 fully saturated rings. The molecule has 2 aromatic carbocycles. The fraction of sp³-hybridized carbons (Fsp3) is 0.261. The van der Waals surface area contributed by atoms with Crippen LogP contribution in [0.4, 0.5) is 0 Å². The molecule has 0 bridgehead atoms. The highest BCUT2D eigenvalue weighted by Gasteiger charge is 2.18. The summed E-state index contributed by atoms with van der Waals surface area (Å²) in [5.41, 5.74) is 4.49. The maximum atomic E-state index is 12.0. The predicted octanol–water partition coefficient (Wildman–Crippen LogP) is 5.35. The van der Waals surface area contributed by atoms with Gasteiger partial charge in [0.25, 0.3) is 0 Å². The maximum Gasteiger partial charge on any atom is 0.336 e. The number of aryl methyl sites for hydroxylation is 2. The van der Waals surface area contributed by atoms with E-state index in [9.17, 15) is 4.79 Å². The van der Waals surface area contributed by atoms with Gasteiger partial charge in [-0.05, 0) is 68.8 Å². The molecule has 27 heavy (non-hydrogen) atoms. The second-order valence-corrected chi connectivity index (χ2v) is 7.30. The van der Waals surface area contributed by atoms with Gasteiger partial charge in [0.05, 0.1) is 6.04 Å². The lowest BCUT2D eigenvalue weighted by atomic mass is 10.0. The van der Waals surface area contributed by atoms with E-state index in [1.807, 2.05) is 38.2 Å². The first kappa shape index (κ1) is 17.6. The summed E-state index contributed by atoms with van der Waals surface area (Å²) in [7, 11) is 2.04. The Kier molecular flexibility index (Phi) is 4.36. The molecule has 0 N–H and O–H groups in total. The van der Waals surface area contributed by atoms with E-state index in [0.29, 0.717) is 12.1 Å². The van der Waals surface area contributed by atoms with Gasteiger partial charge in [-0.15, -0.1) is 0 Å². The number of nitrogens with zero attached hydrogens (tertiary/aromatic N) is 1. The molecular formula is C23H23NO3. The molecule has 4 rings (SSSR count). The van der Waals surface area contributed by atoms with Crippen LogP contribution in [0, 0.1) is 13.8 Å². The van der Waals surface area contributed by atoms with Crippen LogP contribution in [0.25, 0.3) is 21.9 Å². The third-order valence-electron chi connectivity index (χ3n) is 5.38. The van der Waals surface area contributed by atoms with Gasteiger partial charge < -0.3 is 8.83 Å². The Labute approximate surface area is 158 Å². The van der Waals surface area contributed by atoms with Gasteiger partial charge in [-0.3, -0.25) is 4.90 Å². The second-order valence-electron chi connectivity index (χ2n) is 7.30. The van der Waals surface area contributed by atoms with Gasteiger partial charge in [-0.25, -0.2) is 4.79 Å². The smallest absolute Gasteiger partial charge is 0.336 e. The molecule has 0 saturated carbocycles. The molecule has 0 unspecified atom stereocenters. The van der Waals surface area contributed by atoms with Gasteiger partial charge in [0.2, 0.25) is 0 Å². The van der Waals surface area contributed by atoms with Gasteiger partial charge in [-0.2, -0.15) is 0 Å². The fourth-order valence-corrected chi connectivity index (χ4v) is 3.44. The Morgan fingerprint density at radius 2 is 1.70 bits per heavy atom. The zero-order valence-corrected chi connectivity index (χ0v) is 16.1. The molecule has 4 nitrogen and oxygen atoms in total. The lowest BCUT2D eigenvalue weighted by molar-refractivity contribution is 0.227. The van der Waals surface area contributed by atoms with Crippen molar-refractivity contribution >= 4 is 21.9 Å². The van der Waals surface area contributed by atoms with Crippen LogP contribution in [-0.4, -0.2) is 11.9 Å². The summed E-state index contributed by atoms with van der Waals surface area (Å²) in [6.45, 7) is 6.84. The molecule has 4 aromatic rings. The van der Waals surface area contributed by atoms with Crippen LogP contribution in [0.5, 0.6) is 0 Å². The van der Waals surface area contributed by atoms with Gasteiger partial charge in [0.15, 0.2) is 0 Å². The van der Waals surface area contributed by atoms with Crippen molar-refractivity contribution in [3.05, 3.63) is 81.4 Å². The molecule has 0 aliphatic rings. The molecule has 0 aliphatic carbocycles. The molecule has 0 spiro atoms. The van der Waals surface area contributed by atoms with Crippen LogP contribution in [-0.2, 0) is 6.54 Å². The second kappa shape index (κ2) is 6.71. The molecule has 0 radical (unpaired) electrons. The lowest BCUT2D eigenvalue weighted by Gasteiger charge is -2.23. The monoisotopic (exact) mass is 361 g/mol. The average Bonchev–Trinajstić information content (AvgIpc) is 3.06. The van der Waals surface area contributed by atoms with Gasteiger partial charge in [0, 0.05) is 23.4 Å². The number of para-hydroxylation sites is 1. The predicted molar refractivity (Wildman–Crippen MR) is 108 cm³/mol. The van der Waals surface area contributed by atoms with Gasteiger partial charge in [0.1, 0.15) is 16.9 Å². The Morgan fingerprint density at radius 3 is 2.48 bits per heavy atom. The average molecular weight is 361 g/mol. The first-order chi connectivity index (χ1) is 12.9. The Bertz CT molecular complexity index is 1150. The number of rotatable bonds is 4. The van der Waals surface area contributed by atoms with Gasteiger partial charge >= 0.3 is 5.63 Å². The minimum absolute atomic E-state index is 0.0752. The topological polar surface area (TPSA) is 46.6 Å². The van der Waals surface area contributed by atoms with Crippen molar-refractivity contribution in [2.75, 3.05) is 7.05 Å². The van der Waals surface area contributed by atoms with Crippen LogP contribution < -0.4 is 5.63 Å². The molecule has 0 amide bonds. The molecule has 1 atom stereocenters. The minimum atomic E-state index is -0.314. The molecule has 2 aromatic heterocycles. The SMILES string of the molecule is Cc1cc2oc(=O)cc(CN(C)[C@H](C)c3cc4ccccc4o3)c2cc1C. The van der Waals surface area contributed by atoms with Crippen molar-refractivity contribution < 1.29 is 8.83 Å². The van der Waals surface area contributed by atoms with Crippen molar-refractivity contribution in [1.82, 2.24) is 4.90 Å². The van der Waals surface area contributed by atoms with Crippen molar-refractivity contribution in [2.24, 2.45) is 0 Å². The summed E-state index contributed by atoms with van der Waals surface area (Å²) < 4.78 is 11.4. The van der Waals surface area contributed by atoms with Crippen LogP contribution in [0.2, 0.25) is 0 Å². The van der Waals surface area contributed by atoms with Crippen LogP contribution >= 0.6 is 0 Å². The molecule has 4 heteroatoms. The number of hydrogen-bond acceptors (Lipinski definition) is 4. The zero-order chi connectivity index (χ0) is 19.1. The van der Waals surface area contributed by atoms with Gasteiger partial charge in [-0.1, -0.05) is 18.2 Å². The van der Waals surface area contributed by atoms with E-state index in [2.05, 4.69) is 36.9 Å². The van der Waals surface area contributed by atoms with Crippen molar-refractivity contribution in [3.63, 3.8) is 0 Å². The van der Waals surface area contributed by atoms with E-state index in [0.717, 1.165) is 33.2 Å².